The fraction of sp³-hybridized carbons (Fsp3) is 0.290. The van der Waals surface area contributed by atoms with Crippen LogP contribution in [0.1, 0.15) is 20.8 Å². The lowest BCUT2D eigenvalue weighted by Crippen LogP contribution is -2.45. The first-order chi connectivity index (χ1) is 22.4. The number of amides is 2. The summed E-state index contributed by atoms with van der Waals surface area (Å²) in [6.45, 7) is 3.11. The van der Waals surface area contributed by atoms with E-state index in [1.807, 2.05) is 0 Å². The number of morpholine rings is 1. The normalized spacial score (nSPS) is 17.4. The second-order valence-electron chi connectivity index (χ2n) is 10.4. The Morgan fingerprint density at radius 3 is 2.51 bits per heavy atom. The number of ether oxygens (including phenoxy) is 2. The maximum Gasteiger partial charge on any atom is 0.419 e. The highest BCUT2D eigenvalue weighted by atomic mass is 32.2. The number of aromatic carboxylic acids is 1. The maximum absolute atomic E-state index is 13.8. The molecule has 2 N–H and O–H groups in total. The zero-order valence-corrected chi connectivity index (χ0v) is 26.9. The van der Waals surface area contributed by atoms with E-state index in [0.29, 0.717) is 49.0 Å². The number of nitrogens with one attached hydrogen (secondary N) is 1. The topological polar surface area (TPSA) is 108 Å². The molecule has 1 atom stereocenters. The third-order valence-electron chi connectivity index (χ3n) is 7.24. The zero-order chi connectivity index (χ0) is 33.7. The zero-order valence-electron chi connectivity index (χ0n) is 24.4. The SMILES string of the molecule is O=C(O)c1ccc(NC(=O)C(CN2C(=O)C(=Cc3cc(-c4ccc(F)c(C(F)(F)F)c4)cs3)SC2=S)OCCN2CCOCC2)cc1. The van der Waals surface area contributed by atoms with Crippen LogP contribution in [0.3, 0.4) is 0 Å². The van der Waals surface area contributed by atoms with Crippen molar-refractivity contribution in [1.29, 1.82) is 0 Å². The van der Waals surface area contributed by atoms with Crippen molar-refractivity contribution in [3.05, 3.63) is 80.6 Å². The summed E-state index contributed by atoms with van der Waals surface area (Å²) in [7, 11) is 0. The smallest absolute Gasteiger partial charge is 0.419 e. The number of thioether (sulfide) groups is 1. The van der Waals surface area contributed by atoms with E-state index in [-0.39, 0.29) is 33.5 Å². The van der Waals surface area contributed by atoms with Crippen LogP contribution >= 0.6 is 35.3 Å². The number of hydrogen-bond acceptors (Lipinski definition) is 9. The molecule has 2 amide bonds. The minimum atomic E-state index is -4.85. The monoisotopic (exact) mass is 709 g/mol. The van der Waals surface area contributed by atoms with Crippen LogP contribution in [0.25, 0.3) is 17.2 Å². The van der Waals surface area contributed by atoms with Gasteiger partial charge in [0.05, 0.1) is 42.4 Å². The van der Waals surface area contributed by atoms with Gasteiger partial charge in [-0.05, 0) is 65.0 Å². The van der Waals surface area contributed by atoms with Crippen LogP contribution in [0.4, 0.5) is 23.2 Å². The molecule has 0 spiro atoms. The number of halogens is 4. The molecule has 3 heterocycles. The Morgan fingerprint density at radius 2 is 1.83 bits per heavy atom. The van der Waals surface area contributed by atoms with Crippen LogP contribution in [0.15, 0.2) is 58.8 Å². The summed E-state index contributed by atoms with van der Waals surface area (Å²) >= 11 is 7.66. The van der Waals surface area contributed by atoms with Gasteiger partial charge in [-0.3, -0.25) is 19.4 Å². The van der Waals surface area contributed by atoms with Crippen molar-refractivity contribution < 1.29 is 46.5 Å². The standard InChI is InChI=1S/C31H27F4N3O6S3/c32-24-6-3-19(14-23(24)31(33,34)35)20-13-22(46-17-20)15-26-28(40)38(30(45)47-26)16-25(44-12-9-37-7-10-43-11-8-37)27(39)36-21-4-1-18(2-5-21)29(41)42/h1-6,13-15,17,25H,7-12,16H2,(H,36,39)(H,41,42). The molecular formula is C31H27F4N3O6S3. The molecule has 0 bridgehead atoms. The summed E-state index contributed by atoms with van der Waals surface area (Å²) in [6.07, 6.45) is -4.43. The Labute approximate surface area is 280 Å². The number of thiophene rings is 1. The molecule has 3 aromatic rings. The van der Waals surface area contributed by atoms with Crippen molar-refractivity contribution in [3.63, 3.8) is 0 Å². The van der Waals surface area contributed by atoms with Gasteiger partial charge in [0.2, 0.25) is 0 Å². The van der Waals surface area contributed by atoms with E-state index in [4.69, 9.17) is 26.8 Å². The summed E-state index contributed by atoms with van der Waals surface area (Å²) in [6, 6.07) is 9.93. The number of hydrogen-bond donors (Lipinski definition) is 2. The molecular weight excluding hydrogens is 683 g/mol. The molecule has 2 aliphatic rings. The summed E-state index contributed by atoms with van der Waals surface area (Å²) in [4.78, 5) is 42.2. The number of rotatable bonds is 11. The van der Waals surface area contributed by atoms with E-state index < -0.39 is 41.4 Å². The van der Waals surface area contributed by atoms with Gasteiger partial charge in [-0.1, -0.05) is 30.0 Å². The molecule has 2 saturated heterocycles. The Balaban J connectivity index is 1.29. The lowest BCUT2D eigenvalue weighted by Gasteiger charge is -2.28. The fourth-order valence-electron chi connectivity index (χ4n) is 4.73. The van der Waals surface area contributed by atoms with E-state index in [9.17, 15) is 31.9 Å². The minimum absolute atomic E-state index is 0.0484. The number of thiocarbonyl (C=S) groups is 1. The molecule has 9 nitrogen and oxygen atoms in total. The molecule has 2 aliphatic heterocycles. The fourth-order valence-corrected chi connectivity index (χ4v) is 6.92. The maximum atomic E-state index is 13.8. The van der Waals surface area contributed by atoms with Gasteiger partial charge in [0.25, 0.3) is 11.8 Å². The molecule has 248 valence electrons. The molecule has 0 saturated carbocycles. The van der Waals surface area contributed by atoms with Gasteiger partial charge in [0.1, 0.15) is 10.1 Å². The average Bonchev–Trinajstić information content (AvgIpc) is 3.60. The van der Waals surface area contributed by atoms with Gasteiger partial charge >= 0.3 is 12.1 Å². The van der Waals surface area contributed by atoms with Crippen molar-refractivity contribution in [2.24, 2.45) is 0 Å². The first-order valence-corrected chi connectivity index (χ1v) is 16.3. The van der Waals surface area contributed by atoms with Crippen molar-refractivity contribution in [2.75, 3.05) is 51.3 Å². The van der Waals surface area contributed by atoms with Gasteiger partial charge in [0.15, 0.2) is 6.10 Å². The molecule has 1 aromatic heterocycles. The number of nitrogens with zero attached hydrogens (tertiary/aromatic N) is 2. The molecule has 0 radical (unpaired) electrons. The molecule has 1 unspecified atom stereocenters. The number of alkyl halides is 3. The number of carboxylic acid groups (broad SMARTS) is 1. The van der Waals surface area contributed by atoms with Crippen LogP contribution in [0, 0.1) is 5.82 Å². The lowest BCUT2D eigenvalue weighted by molar-refractivity contribution is -0.140. The van der Waals surface area contributed by atoms with Gasteiger partial charge in [-0.25, -0.2) is 9.18 Å². The molecule has 47 heavy (non-hydrogen) atoms. The molecule has 2 fully saturated rings. The minimum Gasteiger partial charge on any atom is -0.478 e. The van der Waals surface area contributed by atoms with Crippen LogP contribution in [0.5, 0.6) is 0 Å². The van der Waals surface area contributed by atoms with Crippen molar-refractivity contribution >= 4 is 69.2 Å². The van der Waals surface area contributed by atoms with Gasteiger partial charge in [-0.15, -0.1) is 11.3 Å². The Bertz CT molecular complexity index is 1690. The highest BCUT2D eigenvalue weighted by Gasteiger charge is 2.37. The van der Waals surface area contributed by atoms with Gasteiger partial charge in [0, 0.05) is 30.2 Å². The number of carboxylic acids is 1. The van der Waals surface area contributed by atoms with Crippen LogP contribution in [-0.4, -0.2) is 89.1 Å². The highest BCUT2D eigenvalue weighted by molar-refractivity contribution is 8.26. The van der Waals surface area contributed by atoms with Gasteiger partial charge in [-0.2, -0.15) is 13.2 Å². The summed E-state index contributed by atoms with van der Waals surface area (Å²) in [5.41, 5.74) is -0.394. The Morgan fingerprint density at radius 1 is 1.11 bits per heavy atom. The van der Waals surface area contributed by atoms with E-state index >= 15 is 0 Å². The van der Waals surface area contributed by atoms with E-state index in [1.165, 1.54) is 46.6 Å². The van der Waals surface area contributed by atoms with Crippen molar-refractivity contribution in [1.82, 2.24) is 9.80 Å². The first kappa shape index (κ1) is 34.7. The van der Waals surface area contributed by atoms with Crippen LogP contribution < -0.4 is 5.32 Å². The van der Waals surface area contributed by atoms with Gasteiger partial charge < -0.3 is 19.9 Å². The second-order valence-corrected chi connectivity index (χ2v) is 13.0. The lowest BCUT2D eigenvalue weighted by atomic mass is 10.0. The summed E-state index contributed by atoms with van der Waals surface area (Å²) in [5, 5.41) is 13.5. The third kappa shape index (κ3) is 8.82. The van der Waals surface area contributed by atoms with Crippen LogP contribution in [0.2, 0.25) is 0 Å². The Kier molecular flexibility index (Phi) is 11.1. The average molecular weight is 710 g/mol. The molecule has 0 aliphatic carbocycles. The second kappa shape index (κ2) is 15.0. The number of carbonyl (C=O) groups excluding carboxylic acids is 2. The summed E-state index contributed by atoms with van der Waals surface area (Å²) < 4.78 is 64.9. The highest BCUT2D eigenvalue weighted by Crippen LogP contribution is 2.37. The molecule has 16 heteroatoms. The number of benzene rings is 2. The predicted octanol–water partition coefficient (Wildman–Crippen LogP) is 5.83. The molecule has 2 aromatic carbocycles. The largest absolute Gasteiger partial charge is 0.478 e. The predicted molar refractivity (Wildman–Crippen MR) is 174 cm³/mol. The van der Waals surface area contributed by atoms with E-state index in [1.54, 1.807) is 17.5 Å². The third-order valence-corrected chi connectivity index (χ3v) is 9.50. The number of anilines is 1. The Hall–Kier alpha value is -3.67. The van der Waals surface area contributed by atoms with Crippen molar-refractivity contribution in [3.8, 4) is 11.1 Å². The van der Waals surface area contributed by atoms with Crippen LogP contribution in [-0.2, 0) is 25.2 Å². The van der Waals surface area contributed by atoms with E-state index in [0.717, 1.165) is 23.9 Å². The first-order valence-electron chi connectivity index (χ1n) is 14.2. The van der Waals surface area contributed by atoms with E-state index in [2.05, 4.69) is 10.2 Å². The summed E-state index contributed by atoms with van der Waals surface area (Å²) in [5.74, 6) is -3.52. The quantitative estimate of drug-likeness (QED) is 0.145. The van der Waals surface area contributed by atoms with Crippen molar-refractivity contribution in [2.45, 2.75) is 12.3 Å². The molecule has 5 rings (SSSR count). The number of carbonyl (C=O) groups is 3.